The minimum absolute atomic E-state index is 0.0175. The molecule has 3 rings (SSSR count). The molecule has 0 radical (unpaired) electrons. The van der Waals surface area contributed by atoms with Gasteiger partial charge in [0.1, 0.15) is 5.82 Å². The molecule has 0 atom stereocenters. The van der Waals surface area contributed by atoms with E-state index in [0.717, 1.165) is 11.3 Å². The van der Waals surface area contributed by atoms with Crippen LogP contribution in [0.2, 0.25) is 0 Å². The normalized spacial score (nSPS) is 10.7. The van der Waals surface area contributed by atoms with E-state index in [1.54, 1.807) is 12.1 Å². The van der Waals surface area contributed by atoms with Crippen molar-refractivity contribution in [1.82, 2.24) is 5.43 Å². The highest BCUT2D eigenvalue weighted by Gasteiger charge is 2.09. The molecule has 0 spiro atoms. The van der Waals surface area contributed by atoms with Gasteiger partial charge < -0.3 is 5.32 Å². The van der Waals surface area contributed by atoms with Crippen LogP contribution in [0.25, 0.3) is 0 Å². The predicted octanol–water partition coefficient (Wildman–Crippen LogP) is 3.81. The number of nitro groups is 1. The van der Waals surface area contributed by atoms with Crippen molar-refractivity contribution in [2.75, 3.05) is 5.32 Å². The van der Waals surface area contributed by atoms with Crippen molar-refractivity contribution in [3.8, 4) is 0 Å². The lowest BCUT2D eigenvalue weighted by molar-refractivity contribution is -0.380. The number of anilines is 1. The maximum absolute atomic E-state index is 12.9. The minimum atomic E-state index is -0.503. The number of carbonyl (C=O) groups excluding carboxylic acids is 2. The van der Waals surface area contributed by atoms with Gasteiger partial charge in [-0.3, -0.25) is 19.7 Å². The smallest absolute Gasteiger partial charge is 0.322 e. The number of halogens is 1. The van der Waals surface area contributed by atoms with Crippen LogP contribution in [-0.2, 0) is 0 Å². The van der Waals surface area contributed by atoms with Crippen LogP contribution in [0, 0.1) is 15.9 Å². The van der Waals surface area contributed by atoms with Crippen LogP contribution < -0.4 is 10.7 Å². The molecule has 2 amide bonds. The first-order valence-corrected chi connectivity index (χ1v) is 8.98. The molecular weight excluding hydrogens is 399 g/mol. The van der Waals surface area contributed by atoms with Crippen LogP contribution in [0.5, 0.6) is 0 Å². The summed E-state index contributed by atoms with van der Waals surface area (Å²) in [5, 5.41) is 17.0. The third-order valence-corrected chi connectivity index (χ3v) is 4.63. The van der Waals surface area contributed by atoms with E-state index < -0.39 is 22.6 Å². The molecule has 0 aliphatic rings. The molecule has 1 heterocycles. The molecule has 0 saturated heterocycles. The first kappa shape index (κ1) is 19.8. The summed E-state index contributed by atoms with van der Waals surface area (Å²) in [6.45, 7) is 0. The van der Waals surface area contributed by atoms with Gasteiger partial charge in [0.05, 0.1) is 16.0 Å². The molecule has 0 saturated carbocycles. The van der Waals surface area contributed by atoms with Crippen LogP contribution >= 0.6 is 11.3 Å². The van der Waals surface area contributed by atoms with Crippen molar-refractivity contribution in [1.29, 1.82) is 0 Å². The van der Waals surface area contributed by atoms with Crippen LogP contribution in [0.15, 0.2) is 65.8 Å². The van der Waals surface area contributed by atoms with Gasteiger partial charge in [-0.1, -0.05) is 11.3 Å². The zero-order valence-electron chi connectivity index (χ0n) is 14.7. The van der Waals surface area contributed by atoms with E-state index >= 15 is 0 Å². The number of carbonyl (C=O) groups is 2. The molecule has 146 valence electrons. The van der Waals surface area contributed by atoms with Crippen LogP contribution in [0.1, 0.15) is 25.6 Å². The Balaban J connectivity index is 1.56. The molecule has 1 aromatic heterocycles. The Kier molecular flexibility index (Phi) is 6.05. The summed E-state index contributed by atoms with van der Waals surface area (Å²) in [6.07, 6.45) is 1.31. The van der Waals surface area contributed by atoms with Crippen molar-refractivity contribution in [3.63, 3.8) is 0 Å². The second-order valence-electron chi connectivity index (χ2n) is 5.67. The zero-order valence-corrected chi connectivity index (χ0v) is 15.5. The van der Waals surface area contributed by atoms with Crippen molar-refractivity contribution in [3.05, 3.63) is 92.6 Å². The summed E-state index contributed by atoms with van der Waals surface area (Å²) in [4.78, 5) is 34.8. The van der Waals surface area contributed by atoms with Crippen LogP contribution in [0.4, 0.5) is 15.1 Å². The number of hydrogen-bond donors (Lipinski definition) is 2. The highest BCUT2D eigenvalue weighted by Crippen LogP contribution is 2.22. The molecule has 0 unspecified atom stereocenters. The maximum atomic E-state index is 12.9. The summed E-state index contributed by atoms with van der Waals surface area (Å²) in [5.74, 6) is -1.32. The average Bonchev–Trinajstić information content (AvgIpc) is 3.18. The van der Waals surface area contributed by atoms with Gasteiger partial charge in [0.15, 0.2) is 0 Å². The van der Waals surface area contributed by atoms with Crippen molar-refractivity contribution < 1.29 is 18.9 Å². The number of amides is 2. The molecular formula is C19H13FN4O4S. The standard InChI is InChI=1S/C19H13FN4O4S/c20-14-5-1-12(2-6-14)18(25)22-15-7-3-13(4-8-15)19(26)23-21-11-16-9-10-17(29-16)24(27)28/h1-11H,(H,22,25)(H,23,26)/b21-11-. The van der Waals surface area contributed by atoms with Gasteiger partial charge in [0, 0.05) is 22.9 Å². The number of rotatable bonds is 6. The van der Waals surface area contributed by atoms with Gasteiger partial charge >= 0.3 is 5.00 Å². The summed E-state index contributed by atoms with van der Waals surface area (Å²) >= 11 is 0.934. The van der Waals surface area contributed by atoms with Gasteiger partial charge in [0.25, 0.3) is 11.8 Å². The molecule has 0 bridgehead atoms. The van der Waals surface area contributed by atoms with E-state index in [4.69, 9.17) is 0 Å². The average molecular weight is 412 g/mol. The van der Waals surface area contributed by atoms with Crippen molar-refractivity contribution >= 4 is 40.1 Å². The van der Waals surface area contributed by atoms with E-state index in [1.807, 2.05) is 0 Å². The first-order chi connectivity index (χ1) is 13.9. The SMILES string of the molecule is O=C(N/N=C\c1ccc([N+](=O)[O-])s1)c1ccc(NC(=O)c2ccc(F)cc2)cc1. The number of hydrazone groups is 1. The number of hydrogen-bond acceptors (Lipinski definition) is 6. The van der Waals surface area contributed by atoms with Crippen molar-refractivity contribution in [2.24, 2.45) is 5.10 Å². The lowest BCUT2D eigenvalue weighted by Gasteiger charge is -2.06. The number of nitrogens with zero attached hydrogens (tertiary/aromatic N) is 2. The Morgan fingerprint density at radius 1 is 0.966 bits per heavy atom. The summed E-state index contributed by atoms with van der Waals surface area (Å²) in [5.41, 5.74) is 3.39. The molecule has 0 fully saturated rings. The highest BCUT2D eigenvalue weighted by molar-refractivity contribution is 7.16. The Morgan fingerprint density at radius 2 is 1.59 bits per heavy atom. The third kappa shape index (κ3) is 5.30. The van der Waals surface area contributed by atoms with Crippen LogP contribution in [0.3, 0.4) is 0 Å². The van der Waals surface area contributed by atoms with Crippen molar-refractivity contribution in [2.45, 2.75) is 0 Å². The fourth-order valence-electron chi connectivity index (χ4n) is 2.24. The van der Waals surface area contributed by atoms with Gasteiger partial charge in [-0.25, -0.2) is 9.82 Å². The molecule has 2 N–H and O–H groups in total. The summed E-state index contributed by atoms with van der Waals surface area (Å²) in [7, 11) is 0. The second kappa shape index (κ2) is 8.85. The van der Waals surface area contributed by atoms with Gasteiger partial charge in [-0.05, 0) is 54.6 Å². The van der Waals surface area contributed by atoms with Gasteiger partial charge in [-0.15, -0.1) is 0 Å². The first-order valence-electron chi connectivity index (χ1n) is 8.17. The Labute approximate surface area is 167 Å². The fraction of sp³-hybridized carbons (Fsp3) is 0. The molecule has 29 heavy (non-hydrogen) atoms. The fourth-order valence-corrected chi connectivity index (χ4v) is 2.93. The predicted molar refractivity (Wildman–Crippen MR) is 107 cm³/mol. The lowest BCUT2D eigenvalue weighted by atomic mass is 10.1. The number of nitrogens with one attached hydrogen (secondary N) is 2. The zero-order chi connectivity index (χ0) is 20.8. The lowest BCUT2D eigenvalue weighted by Crippen LogP contribution is -2.17. The Hall–Kier alpha value is -3.92. The quantitative estimate of drug-likeness (QED) is 0.364. The molecule has 3 aromatic rings. The van der Waals surface area contributed by atoms with E-state index in [0.29, 0.717) is 21.7 Å². The number of thiophene rings is 1. The maximum Gasteiger partial charge on any atom is 0.324 e. The van der Waals surface area contributed by atoms with Gasteiger partial charge in [0.2, 0.25) is 0 Å². The summed E-state index contributed by atoms with van der Waals surface area (Å²) < 4.78 is 12.9. The van der Waals surface area contributed by atoms with E-state index in [9.17, 15) is 24.1 Å². The highest BCUT2D eigenvalue weighted by atomic mass is 32.1. The topological polar surface area (TPSA) is 114 Å². The summed E-state index contributed by atoms with van der Waals surface area (Å²) in [6, 6.07) is 14.1. The Bertz CT molecular complexity index is 1080. The minimum Gasteiger partial charge on any atom is -0.322 e. The van der Waals surface area contributed by atoms with E-state index in [2.05, 4.69) is 15.8 Å². The molecule has 0 aliphatic heterocycles. The van der Waals surface area contributed by atoms with Crippen LogP contribution in [-0.4, -0.2) is 23.0 Å². The molecule has 0 aliphatic carbocycles. The van der Waals surface area contributed by atoms with E-state index in [-0.39, 0.29) is 5.00 Å². The third-order valence-electron chi connectivity index (χ3n) is 3.66. The largest absolute Gasteiger partial charge is 0.324 e. The molecule has 8 nitrogen and oxygen atoms in total. The molecule has 10 heteroatoms. The molecule has 2 aromatic carbocycles. The van der Waals surface area contributed by atoms with Gasteiger partial charge in [-0.2, -0.15) is 5.10 Å². The second-order valence-corrected chi connectivity index (χ2v) is 6.76. The monoisotopic (exact) mass is 412 g/mol. The Morgan fingerprint density at radius 3 is 2.21 bits per heavy atom. The number of benzene rings is 2. The van der Waals surface area contributed by atoms with E-state index in [1.165, 1.54) is 54.7 Å².